The molecule has 0 amide bonds. The van der Waals surface area contributed by atoms with E-state index in [2.05, 4.69) is 0 Å². The summed E-state index contributed by atoms with van der Waals surface area (Å²) in [6.07, 6.45) is 0.909. The summed E-state index contributed by atoms with van der Waals surface area (Å²) in [6.45, 7) is 3.99. The van der Waals surface area contributed by atoms with Crippen LogP contribution in [-0.2, 0) is 42.9 Å². The van der Waals surface area contributed by atoms with Crippen LogP contribution in [0.15, 0.2) is 0 Å². The summed E-state index contributed by atoms with van der Waals surface area (Å²) >= 11 is 0. The van der Waals surface area contributed by atoms with Crippen LogP contribution in [0.1, 0.15) is 46.5 Å². The fraction of sp³-hybridized carbons (Fsp3) is 1.00. The van der Waals surface area contributed by atoms with Gasteiger partial charge in [-0.2, -0.15) is 25.3 Å². The number of rotatable bonds is 15. The van der Waals surface area contributed by atoms with Crippen molar-refractivity contribution >= 4 is 30.4 Å². The second-order valence-electron chi connectivity index (χ2n) is 5.21. The highest BCUT2D eigenvalue weighted by Gasteiger charge is 2.21. The summed E-state index contributed by atoms with van der Waals surface area (Å²) in [4.78, 5) is 0. The predicted molar refractivity (Wildman–Crippen MR) is 93.6 cm³/mol. The molecule has 1 atom stereocenters. The van der Waals surface area contributed by atoms with Gasteiger partial charge >= 0.3 is 0 Å². The molecule has 152 valence electrons. The molecule has 0 aromatic carbocycles. The first-order chi connectivity index (χ1) is 11.5. The lowest BCUT2D eigenvalue weighted by atomic mass is 10.1. The van der Waals surface area contributed by atoms with Gasteiger partial charge in [-0.05, 0) is 33.6 Å². The quantitative estimate of drug-likeness (QED) is 0.279. The van der Waals surface area contributed by atoms with Crippen molar-refractivity contribution in [1.29, 1.82) is 0 Å². The Morgan fingerprint density at radius 2 is 1.20 bits per heavy atom. The molecule has 25 heavy (non-hydrogen) atoms. The van der Waals surface area contributed by atoms with Crippen molar-refractivity contribution in [3.63, 3.8) is 0 Å². The van der Waals surface area contributed by atoms with Gasteiger partial charge in [-0.25, -0.2) is 0 Å². The van der Waals surface area contributed by atoms with E-state index in [1.165, 1.54) is 20.8 Å². The first-order valence-electron chi connectivity index (χ1n) is 8.12. The highest BCUT2D eigenvalue weighted by molar-refractivity contribution is 7.87. The minimum Gasteiger partial charge on any atom is -0.270 e. The lowest BCUT2D eigenvalue weighted by Gasteiger charge is -2.17. The summed E-state index contributed by atoms with van der Waals surface area (Å²) in [5.41, 5.74) is 0. The zero-order chi connectivity index (χ0) is 19.6. The van der Waals surface area contributed by atoms with Crippen molar-refractivity contribution < 1.29 is 37.8 Å². The molecule has 0 aliphatic rings. The zero-order valence-electron chi connectivity index (χ0n) is 14.8. The Kier molecular flexibility index (Phi) is 11.3. The standard InChI is InChI=1S/C13H28O9S3/c1-4-23(14,15)20-11-9-7-8-10-13(22-25(18,19)6-3)12-21-24(16,17)5-2/h13H,4-12H2,1-3H3. The molecule has 0 saturated carbocycles. The molecule has 0 aliphatic heterocycles. The van der Waals surface area contributed by atoms with E-state index in [1.807, 2.05) is 0 Å². The molecule has 0 N–H and O–H groups in total. The molecule has 12 heteroatoms. The van der Waals surface area contributed by atoms with Crippen molar-refractivity contribution in [2.45, 2.75) is 52.6 Å². The van der Waals surface area contributed by atoms with Gasteiger partial charge in [-0.3, -0.25) is 12.5 Å². The van der Waals surface area contributed by atoms with Crippen LogP contribution in [0.4, 0.5) is 0 Å². The normalized spacial score (nSPS) is 14.5. The first kappa shape index (κ1) is 24.7. The molecular weight excluding hydrogens is 396 g/mol. The molecule has 0 radical (unpaired) electrons. The van der Waals surface area contributed by atoms with Crippen LogP contribution in [-0.4, -0.2) is 61.8 Å². The van der Waals surface area contributed by atoms with E-state index in [4.69, 9.17) is 12.5 Å². The molecule has 0 aromatic heterocycles. The van der Waals surface area contributed by atoms with Gasteiger partial charge < -0.3 is 0 Å². The predicted octanol–water partition coefficient (Wildman–Crippen LogP) is 1.01. The average Bonchev–Trinajstić information content (AvgIpc) is 2.55. The Balaban J connectivity index is 4.39. The number of hydrogen-bond acceptors (Lipinski definition) is 9. The molecule has 1 unspecified atom stereocenters. The van der Waals surface area contributed by atoms with Gasteiger partial charge in [0.25, 0.3) is 30.4 Å². The molecule has 0 saturated heterocycles. The average molecular weight is 425 g/mol. The molecule has 0 spiro atoms. The maximum absolute atomic E-state index is 11.6. The fourth-order valence-electron chi connectivity index (χ4n) is 1.62. The van der Waals surface area contributed by atoms with Crippen molar-refractivity contribution in [1.82, 2.24) is 0 Å². The molecule has 0 bridgehead atoms. The third-order valence-electron chi connectivity index (χ3n) is 3.21. The largest absolute Gasteiger partial charge is 0.270 e. The summed E-state index contributed by atoms with van der Waals surface area (Å²) in [5.74, 6) is -0.544. The van der Waals surface area contributed by atoms with Gasteiger partial charge in [0.15, 0.2) is 0 Å². The monoisotopic (exact) mass is 424 g/mol. The SMILES string of the molecule is CCS(=O)(=O)OCCCCCC(COS(=O)(=O)CC)OS(=O)(=O)CC. The first-order valence-corrected chi connectivity index (χ1v) is 12.8. The Hall–Kier alpha value is -0.270. The Labute approximate surface area is 151 Å². The molecule has 0 heterocycles. The molecule has 9 nitrogen and oxygen atoms in total. The van der Waals surface area contributed by atoms with Crippen LogP contribution in [0.5, 0.6) is 0 Å². The molecule has 0 fully saturated rings. The van der Waals surface area contributed by atoms with Crippen molar-refractivity contribution in [2.24, 2.45) is 0 Å². The summed E-state index contributed by atoms with van der Waals surface area (Å²) in [6, 6.07) is 0. The molecule has 0 rings (SSSR count). The molecule has 0 aromatic rings. The second-order valence-corrected chi connectivity index (χ2v) is 11.0. The van der Waals surface area contributed by atoms with Gasteiger partial charge in [-0.15, -0.1) is 0 Å². The van der Waals surface area contributed by atoms with Crippen molar-refractivity contribution in [2.75, 3.05) is 30.5 Å². The van der Waals surface area contributed by atoms with Gasteiger partial charge in [0.05, 0.1) is 30.5 Å². The molecular formula is C13H28O9S3. The lowest BCUT2D eigenvalue weighted by molar-refractivity contribution is 0.127. The van der Waals surface area contributed by atoms with Crippen LogP contribution in [0.2, 0.25) is 0 Å². The summed E-state index contributed by atoms with van der Waals surface area (Å²) in [7, 11) is -10.9. The van der Waals surface area contributed by atoms with E-state index in [1.54, 1.807) is 0 Å². The number of unbranched alkanes of at least 4 members (excludes halogenated alkanes) is 2. The molecule has 0 aliphatic carbocycles. The maximum atomic E-state index is 11.6. The summed E-state index contributed by atoms with van der Waals surface area (Å²) < 4.78 is 82.6. The van der Waals surface area contributed by atoms with Crippen molar-refractivity contribution in [3.05, 3.63) is 0 Å². The summed E-state index contributed by atoms with van der Waals surface area (Å²) in [5, 5.41) is 0. The topological polar surface area (TPSA) is 130 Å². The van der Waals surface area contributed by atoms with E-state index in [0.29, 0.717) is 19.3 Å². The van der Waals surface area contributed by atoms with Gasteiger partial charge in [0, 0.05) is 0 Å². The third-order valence-corrected chi connectivity index (χ3v) is 6.92. The van der Waals surface area contributed by atoms with Crippen LogP contribution < -0.4 is 0 Å². The minimum atomic E-state index is -3.74. The van der Waals surface area contributed by atoms with Gasteiger partial charge in [0.2, 0.25) is 0 Å². The maximum Gasteiger partial charge on any atom is 0.267 e. The van der Waals surface area contributed by atoms with E-state index >= 15 is 0 Å². The number of hydrogen-bond donors (Lipinski definition) is 0. The zero-order valence-corrected chi connectivity index (χ0v) is 17.3. The van der Waals surface area contributed by atoms with Gasteiger partial charge in [-0.1, -0.05) is 12.8 Å². The van der Waals surface area contributed by atoms with E-state index in [9.17, 15) is 25.3 Å². The smallest absolute Gasteiger partial charge is 0.267 e. The highest BCUT2D eigenvalue weighted by atomic mass is 32.2. The van der Waals surface area contributed by atoms with Crippen LogP contribution in [0.3, 0.4) is 0 Å². The third kappa shape index (κ3) is 12.7. The van der Waals surface area contributed by atoms with E-state index in [-0.39, 0.29) is 36.9 Å². The van der Waals surface area contributed by atoms with Crippen LogP contribution in [0.25, 0.3) is 0 Å². The van der Waals surface area contributed by atoms with Crippen LogP contribution in [0, 0.1) is 0 Å². The fourth-order valence-corrected chi connectivity index (χ4v) is 3.38. The van der Waals surface area contributed by atoms with E-state index < -0.39 is 36.5 Å². The second kappa shape index (κ2) is 11.4. The van der Waals surface area contributed by atoms with Crippen molar-refractivity contribution in [3.8, 4) is 0 Å². The highest BCUT2D eigenvalue weighted by Crippen LogP contribution is 2.13. The Bertz CT molecular complexity index is 666. The lowest BCUT2D eigenvalue weighted by Crippen LogP contribution is -2.26. The van der Waals surface area contributed by atoms with Crippen LogP contribution >= 0.6 is 0 Å². The Morgan fingerprint density at radius 1 is 0.680 bits per heavy atom. The minimum absolute atomic E-state index is 0.0513. The Morgan fingerprint density at radius 3 is 1.72 bits per heavy atom. The van der Waals surface area contributed by atoms with Gasteiger partial charge in [0.1, 0.15) is 6.10 Å². The van der Waals surface area contributed by atoms with E-state index in [0.717, 1.165) is 0 Å².